The van der Waals surface area contributed by atoms with E-state index in [-0.39, 0.29) is 11.5 Å². The number of benzene rings is 1. The molecular formula is C21H23N4O2S+. The van der Waals surface area contributed by atoms with E-state index < -0.39 is 0 Å². The standard InChI is InChI=1S/C21H22N4O2S/c26-19-18-15-7-4-8-16(15)28-20(18)23-17(22-19)13-24-9-11-25(12-10-24)21(27)14-5-2-1-3-6-14/h1-3,5-6H,4,7-13H2,(H,22,23,26)/p+1. The molecule has 1 aromatic carbocycles. The highest BCUT2D eigenvalue weighted by Gasteiger charge is 2.26. The van der Waals surface area contributed by atoms with E-state index in [0.29, 0.717) is 6.54 Å². The van der Waals surface area contributed by atoms with Crippen molar-refractivity contribution in [2.75, 3.05) is 26.2 Å². The van der Waals surface area contributed by atoms with Crippen molar-refractivity contribution in [1.82, 2.24) is 14.9 Å². The molecule has 0 atom stereocenters. The summed E-state index contributed by atoms with van der Waals surface area (Å²) in [5, 5.41) is 0.814. The number of aryl methyl sites for hydroxylation is 2. The van der Waals surface area contributed by atoms with Gasteiger partial charge in [0, 0.05) is 10.4 Å². The number of hydrogen-bond acceptors (Lipinski definition) is 4. The molecule has 2 aromatic heterocycles. The molecule has 28 heavy (non-hydrogen) atoms. The van der Waals surface area contributed by atoms with Crippen molar-refractivity contribution in [2.24, 2.45) is 0 Å². The summed E-state index contributed by atoms with van der Waals surface area (Å²) >= 11 is 1.69. The van der Waals surface area contributed by atoms with Crippen molar-refractivity contribution in [3.05, 3.63) is 62.5 Å². The fraction of sp³-hybridized carbons (Fsp3) is 0.381. The summed E-state index contributed by atoms with van der Waals surface area (Å²) in [5.74, 6) is 0.857. The molecule has 1 aliphatic carbocycles. The minimum Gasteiger partial charge on any atom is -0.327 e. The maximum Gasteiger partial charge on any atom is 0.260 e. The first-order valence-corrected chi connectivity index (χ1v) is 10.7. The van der Waals surface area contributed by atoms with Gasteiger partial charge in [-0.1, -0.05) is 18.2 Å². The highest BCUT2D eigenvalue weighted by Crippen LogP contribution is 2.34. The summed E-state index contributed by atoms with van der Waals surface area (Å²) in [7, 11) is 0. The van der Waals surface area contributed by atoms with E-state index in [2.05, 4.69) is 4.98 Å². The first kappa shape index (κ1) is 17.6. The van der Waals surface area contributed by atoms with Gasteiger partial charge in [0.15, 0.2) is 5.82 Å². The Morgan fingerprint density at radius 2 is 1.96 bits per heavy atom. The molecule has 5 rings (SSSR count). The van der Waals surface area contributed by atoms with E-state index in [9.17, 15) is 9.59 Å². The number of nitrogens with zero attached hydrogens (tertiary/aromatic N) is 2. The maximum absolute atomic E-state index is 12.6. The second kappa shape index (κ2) is 7.14. The predicted molar refractivity (Wildman–Crippen MR) is 109 cm³/mol. The van der Waals surface area contributed by atoms with Gasteiger partial charge in [-0.25, -0.2) is 4.98 Å². The molecule has 0 unspecified atom stereocenters. The van der Waals surface area contributed by atoms with Gasteiger partial charge in [-0.05, 0) is 37.0 Å². The van der Waals surface area contributed by atoms with E-state index in [4.69, 9.17) is 4.98 Å². The van der Waals surface area contributed by atoms with Crippen LogP contribution in [0.25, 0.3) is 10.2 Å². The summed E-state index contributed by atoms with van der Waals surface area (Å²) < 4.78 is 0. The van der Waals surface area contributed by atoms with Gasteiger partial charge in [-0.2, -0.15) is 0 Å². The highest BCUT2D eigenvalue weighted by atomic mass is 32.1. The van der Waals surface area contributed by atoms with E-state index >= 15 is 0 Å². The van der Waals surface area contributed by atoms with E-state index in [1.165, 1.54) is 15.3 Å². The topological polar surface area (TPSA) is 70.5 Å². The summed E-state index contributed by atoms with van der Waals surface area (Å²) in [5.41, 5.74) is 1.98. The lowest BCUT2D eigenvalue weighted by atomic mass is 10.2. The maximum atomic E-state index is 12.6. The number of piperazine rings is 1. The van der Waals surface area contributed by atoms with E-state index in [1.54, 1.807) is 11.3 Å². The SMILES string of the molecule is O=C(c1ccccc1)N1CC[NH+](Cc2nc3sc4c(c3c(=O)[nH]2)CCC4)CC1. The smallest absolute Gasteiger partial charge is 0.260 e. The molecule has 3 aromatic rings. The fourth-order valence-corrected chi connectivity index (χ4v) is 5.61. The minimum absolute atomic E-state index is 0.0108. The van der Waals surface area contributed by atoms with E-state index in [0.717, 1.165) is 67.0 Å². The third-order valence-electron chi connectivity index (χ3n) is 5.82. The zero-order valence-electron chi connectivity index (χ0n) is 15.7. The Kier molecular flexibility index (Phi) is 4.49. The average molecular weight is 396 g/mol. The van der Waals surface area contributed by atoms with Crippen molar-refractivity contribution in [1.29, 1.82) is 0 Å². The summed E-state index contributed by atoms with van der Waals surface area (Å²) in [6.07, 6.45) is 3.23. The number of rotatable bonds is 3. The normalized spacial score (nSPS) is 17.2. The number of aromatic amines is 1. The van der Waals surface area contributed by atoms with Crippen molar-refractivity contribution in [3.8, 4) is 0 Å². The van der Waals surface area contributed by atoms with Crippen LogP contribution in [0.5, 0.6) is 0 Å². The van der Waals surface area contributed by atoms with Gasteiger partial charge in [0.25, 0.3) is 11.5 Å². The summed E-state index contributed by atoms with van der Waals surface area (Å²) in [6, 6.07) is 9.44. The van der Waals surface area contributed by atoms with Crippen molar-refractivity contribution >= 4 is 27.5 Å². The van der Waals surface area contributed by atoms with Crippen LogP contribution in [0, 0.1) is 0 Å². The first-order valence-electron chi connectivity index (χ1n) is 9.90. The summed E-state index contributed by atoms with van der Waals surface area (Å²) in [6.45, 7) is 3.87. The number of aromatic nitrogens is 2. The van der Waals surface area contributed by atoms with Gasteiger partial charge in [0.1, 0.15) is 11.4 Å². The third-order valence-corrected chi connectivity index (χ3v) is 7.01. The number of quaternary nitrogens is 1. The predicted octanol–water partition coefficient (Wildman–Crippen LogP) is 1.01. The first-order chi connectivity index (χ1) is 13.7. The number of carbonyl (C=O) groups is 1. The number of thiophene rings is 1. The van der Waals surface area contributed by atoms with Crippen molar-refractivity contribution in [3.63, 3.8) is 0 Å². The molecule has 144 valence electrons. The molecule has 0 saturated carbocycles. The molecule has 7 heteroatoms. The number of fused-ring (bicyclic) bond motifs is 3. The molecule has 2 N–H and O–H groups in total. The van der Waals surface area contributed by atoms with Gasteiger partial charge in [0.05, 0.1) is 31.6 Å². The lowest BCUT2D eigenvalue weighted by molar-refractivity contribution is -0.918. The molecule has 1 fully saturated rings. The van der Waals surface area contributed by atoms with Crippen LogP contribution in [0.1, 0.15) is 33.0 Å². The zero-order valence-corrected chi connectivity index (χ0v) is 16.5. The van der Waals surface area contributed by atoms with Crippen molar-refractivity contribution < 1.29 is 9.69 Å². The van der Waals surface area contributed by atoms with E-state index in [1.807, 2.05) is 35.2 Å². The monoisotopic (exact) mass is 395 g/mol. The number of H-pyrrole nitrogens is 1. The Hall–Kier alpha value is -2.51. The molecule has 0 spiro atoms. The van der Waals surface area contributed by atoms with Gasteiger partial charge >= 0.3 is 0 Å². The molecule has 1 saturated heterocycles. The Bertz CT molecular complexity index is 1080. The largest absolute Gasteiger partial charge is 0.327 e. The minimum atomic E-state index is 0.0108. The van der Waals surface area contributed by atoms with Crippen LogP contribution in [0.4, 0.5) is 0 Å². The van der Waals surface area contributed by atoms with Crippen molar-refractivity contribution in [2.45, 2.75) is 25.8 Å². The Morgan fingerprint density at radius 3 is 2.75 bits per heavy atom. The number of nitrogens with one attached hydrogen (secondary N) is 2. The Balaban J connectivity index is 1.27. The third kappa shape index (κ3) is 3.14. The molecule has 1 amide bonds. The second-order valence-corrected chi connectivity index (χ2v) is 8.72. The van der Waals surface area contributed by atoms with Crippen LogP contribution in [0.2, 0.25) is 0 Å². The lowest BCUT2D eigenvalue weighted by Gasteiger charge is -2.32. The average Bonchev–Trinajstić information content (AvgIpc) is 3.29. The van der Waals surface area contributed by atoms with Gasteiger partial charge < -0.3 is 14.8 Å². The molecule has 0 radical (unpaired) electrons. The number of amides is 1. The molecule has 1 aliphatic heterocycles. The van der Waals surface area contributed by atoms with Crippen LogP contribution < -0.4 is 10.5 Å². The molecule has 2 aliphatic rings. The highest BCUT2D eigenvalue weighted by molar-refractivity contribution is 7.18. The van der Waals surface area contributed by atoms with Gasteiger partial charge in [-0.15, -0.1) is 11.3 Å². The zero-order chi connectivity index (χ0) is 19.1. The molecular weight excluding hydrogens is 372 g/mol. The molecule has 3 heterocycles. The summed E-state index contributed by atoms with van der Waals surface area (Å²) in [4.78, 5) is 38.5. The second-order valence-electron chi connectivity index (χ2n) is 7.64. The number of carbonyl (C=O) groups excluding carboxylic acids is 1. The van der Waals surface area contributed by atoms with Crippen LogP contribution in [-0.4, -0.2) is 47.0 Å². The fourth-order valence-electron chi connectivity index (χ4n) is 4.33. The van der Waals surface area contributed by atoms with Gasteiger partial charge in [-0.3, -0.25) is 9.59 Å². The van der Waals surface area contributed by atoms with Crippen LogP contribution in [-0.2, 0) is 19.4 Å². The van der Waals surface area contributed by atoms with Crippen LogP contribution in [0.3, 0.4) is 0 Å². The van der Waals surface area contributed by atoms with Crippen LogP contribution in [0.15, 0.2) is 35.1 Å². The lowest BCUT2D eigenvalue weighted by Crippen LogP contribution is -3.13. The quantitative estimate of drug-likeness (QED) is 0.696. The molecule has 6 nitrogen and oxygen atoms in total. The Labute approximate surface area is 166 Å². The Morgan fingerprint density at radius 1 is 1.18 bits per heavy atom. The van der Waals surface area contributed by atoms with Gasteiger partial charge in [0.2, 0.25) is 0 Å². The number of hydrogen-bond donors (Lipinski definition) is 2. The van der Waals surface area contributed by atoms with Crippen LogP contribution >= 0.6 is 11.3 Å². The molecule has 0 bridgehead atoms.